The van der Waals surface area contributed by atoms with Crippen LogP contribution in [0.1, 0.15) is 15.9 Å². The molecule has 0 aliphatic rings. The van der Waals surface area contributed by atoms with Gasteiger partial charge in [0.05, 0.1) is 12.8 Å². The number of hydrogen-bond acceptors (Lipinski definition) is 7. The summed E-state index contributed by atoms with van der Waals surface area (Å²) in [5, 5.41) is 13.8. The Hall–Kier alpha value is -3.31. The van der Waals surface area contributed by atoms with Crippen LogP contribution in [-0.2, 0) is 10.0 Å². The lowest BCUT2D eigenvalue weighted by Crippen LogP contribution is -2.23. The standard InChI is InChI=1S/C18H20N6O4S/c1-12-5-7-14(10-15(12)24-11-19-21-22-24)20-18(25)13-6-8-16(28-4)17(9-13)29(26,27)23(2)3/h5-11H,1-4H3,(H,20,25). The lowest BCUT2D eigenvalue weighted by atomic mass is 10.1. The SMILES string of the molecule is COc1ccc(C(=O)Nc2ccc(C)c(-n3cnnn3)c2)cc1S(=O)(=O)N(C)C. The first kappa shape index (κ1) is 20.4. The highest BCUT2D eigenvalue weighted by molar-refractivity contribution is 7.89. The van der Waals surface area contributed by atoms with Gasteiger partial charge in [0.15, 0.2) is 0 Å². The van der Waals surface area contributed by atoms with E-state index in [-0.39, 0.29) is 16.2 Å². The third-order valence-electron chi connectivity index (χ3n) is 4.25. The van der Waals surface area contributed by atoms with Gasteiger partial charge in [-0.25, -0.2) is 17.4 Å². The fourth-order valence-corrected chi connectivity index (χ4v) is 3.70. The molecule has 0 fully saturated rings. The summed E-state index contributed by atoms with van der Waals surface area (Å²) in [6, 6.07) is 9.53. The number of hydrogen-bond donors (Lipinski definition) is 1. The highest BCUT2D eigenvalue weighted by Crippen LogP contribution is 2.27. The van der Waals surface area contributed by atoms with Crippen LogP contribution in [0.4, 0.5) is 5.69 Å². The molecule has 1 heterocycles. The van der Waals surface area contributed by atoms with E-state index in [1.54, 1.807) is 12.1 Å². The van der Waals surface area contributed by atoms with E-state index in [4.69, 9.17) is 4.74 Å². The van der Waals surface area contributed by atoms with Gasteiger partial charge in [0.1, 0.15) is 17.0 Å². The van der Waals surface area contributed by atoms with Gasteiger partial charge in [0, 0.05) is 25.3 Å². The summed E-state index contributed by atoms with van der Waals surface area (Å²) in [6.07, 6.45) is 1.45. The molecular weight excluding hydrogens is 396 g/mol. The molecule has 0 bridgehead atoms. The van der Waals surface area contributed by atoms with Crippen molar-refractivity contribution in [3.63, 3.8) is 0 Å². The number of aryl methyl sites for hydroxylation is 1. The summed E-state index contributed by atoms with van der Waals surface area (Å²) in [5.41, 5.74) is 2.31. The molecule has 1 amide bonds. The van der Waals surface area contributed by atoms with E-state index < -0.39 is 15.9 Å². The second-order valence-corrected chi connectivity index (χ2v) is 8.48. The fourth-order valence-electron chi connectivity index (χ4n) is 2.63. The Bertz CT molecular complexity index is 1140. The van der Waals surface area contributed by atoms with Crippen LogP contribution in [0.5, 0.6) is 5.75 Å². The van der Waals surface area contributed by atoms with Gasteiger partial charge >= 0.3 is 0 Å². The van der Waals surface area contributed by atoms with E-state index in [0.29, 0.717) is 11.4 Å². The summed E-state index contributed by atoms with van der Waals surface area (Å²) in [6.45, 7) is 1.89. The molecule has 0 unspecified atom stereocenters. The Morgan fingerprint density at radius 2 is 1.93 bits per heavy atom. The number of nitrogens with one attached hydrogen (secondary N) is 1. The number of anilines is 1. The smallest absolute Gasteiger partial charge is 0.255 e. The van der Waals surface area contributed by atoms with Crippen molar-refractivity contribution in [2.45, 2.75) is 11.8 Å². The minimum Gasteiger partial charge on any atom is -0.495 e. The van der Waals surface area contributed by atoms with Crippen LogP contribution in [0, 0.1) is 6.92 Å². The molecule has 29 heavy (non-hydrogen) atoms. The number of carbonyl (C=O) groups excluding carboxylic acids is 1. The van der Waals surface area contributed by atoms with E-state index in [2.05, 4.69) is 20.8 Å². The van der Waals surface area contributed by atoms with E-state index >= 15 is 0 Å². The van der Waals surface area contributed by atoms with E-state index in [1.165, 1.54) is 50.4 Å². The molecule has 0 atom stereocenters. The molecular formula is C18H20N6O4S. The van der Waals surface area contributed by atoms with Crippen LogP contribution >= 0.6 is 0 Å². The minimum absolute atomic E-state index is 0.0871. The second kappa shape index (κ2) is 7.97. The second-order valence-electron chi connectivity index (χ2n) is 6.36. The van der Waals surface area contributed by atoms with Crippen molar-refractivity contribution in [2.75, 3.05) is 26.5 Å². The van der Waals surface area contributed by atoms with Crippen molar-refractivity contribution in [3.05, 3.63) is 53.9 Å². The van der Waals surface area contributed by atoms with Crippen LogP contribution in [-0.4, -0.2) is 60.0 Å². The Morgan fingerprint density at radius 3 is 2.55 bits per heavy atom. The molecule has 0 spiro atoms. The average molecular weight is 416 g/mol. The first-order valence-electron chi connectivity index (χ1n) is 8.50. The van der Waals surface area contributed by atoms with E-state index in [0.717, 1.165) is 9.87 Å². The molecule has 0 saturated heterocycles. The largest absolute Gasteiger partial charge is 0.495 e. The van der Waals surface area contributed by atoms with Crippen molar-refractivity contribution in [1.82, 2.24) is 24.5 Å². The minimum atomic E-state index is -3.79. The number of amides is 1. The maximum atomic E-state index is 12.7. The topological polar surface area (TPSA) is 119 Å². The molecule has 1 aromatic heterocycles. The van der Waals surface area contributed by atoms with Crippen molar-refractivity contribution in [1.29, 1.82) is 0 Å². The number of sulfonamides is 1. The Morgan fingerprint density at radius 1 is 1.17 bits per heavy atom. The Kier molecular flexibility index (Phi) is 5.62. The third kappa shape index (κ3) is 4.10. The maximum Gasteiger partial charge on any atom is 0.255 e. The lowest BCUT2D eigenvalue weighted by molar-refractivity contribution is 0.102. The number of aromatic nitrogens is 4. The summed E-state index contributed by atoms with van der Waals surface area (Å²) < 4.78 is 32.8. The van der Waals surface area contributed by atoms with Gasteiger partial charge in [-0.15, -0.1) is 5.10 Å². The number of benzene rings is 2. The molecule has 3 rings (SSSR count). The summed E-state index contributed by atoms with van der Waals surface area (Å²) >= 11 is 0. The number of carbonyl (C=O) groups is 1. The van der Waals surface area contributed by atoms with Crippen LogP contribution in [0.2, 0.25) is 0 Å². The van der Waals surface area contributed by atoms with Crippen molar-refractivity contribution in [3.8, 4) is 11.4 Å². The van der Waals surface area contributed by atoms with Crippen molar-refractivity contribution in [2.24, 2.45) is 0 Å². The molecule has 11 heteroatoms. The molecule has 0 saturated carbocycles. The van der Waals surface area contributed by atoms with Crippen LogP contribution in [0.15, 0.2) is 47.6 Å². The Balaban J connectivity index is 1.93. The zero-order valence-electron chi connectivity index (χ0n) is 16.3. The van der Waals surface area contributed by atoms with Crippen molar-refractivity contribution < 1.29 is 17.9 Å². The van der Waals surface area contributed by atoms with E-state index in [9.17, 15) is 13.2 Å². The first-order chi connectivity index (χ1) is 13.7. The molecule has 0 aliphatic carbocycles. The molecule has 0 aliphatic heterocycles. The zero-order valence-corrected chi connectivity index (χ0v) is 17.1. The lowest BCUT2D eigenvalue weighted by Gasteiger charge is -2.15. The first-order valence-corrected chi connectivity index (χ1v) is 9.94. The van der Waals surface area contributed by atoms with Crippen molar-refractivity contribution >= 4 is 21.6 Å². The molecule has 152 valence electrons. The molecule has 3 aromatic rings. The third-order valence-corrected chi connectivity index (χ3v) is 6.08. The summed E-state index contributed by atoms with van der Waals surface area (Å²) in [4.78, 5) is 12.7. The number of tetrazole rings is 1. The van der Waals surface area contributed by atoms with Gasteiger partial charge in [-0.05, 0) is 53.2 Å². The fraction of sp³-hybridized carbons (Fsp3) is 0.222. The van der Waals surface area contributed by atoms with Crippen LogP contribution in [0.25, 0.3) is 5.69 Å². The van der Waals surface area contributed by atoms with Gasteiger partial charge in [0.2, 0.25) is 10.0 Å². The average Bonchev–Trinajstić information content (AvgIpc) is 3.23. The van der Waals surface area contributed by atoms with Gasteiger partial charge in [0.25, 0.3) is 5.91 Å². The number of nitrogens with zero attached hydrogens (tertiary/aromatic N) is 5. The highest BCUT2D eigenvalue weighted by Gasteiger charge is 2.24. The van der Waals surface area contributed by atoms with Gasteiger partial charge in [-0.3, -0.25) is 4.79 Å². The highest BCUT2D eigenvalue weighted by atomic mass is 32.2. The zero-order chi connectivity index (χ0) is 21.2. The van der Waals surface area contributed by atoms with E-state index in [1.807, 2.05) is 13.0 Å². The monoisotopic (exact) mass is 416 g/mol. The number of ether oxygens (including phenoxy) is 1. The summed E-state index contributed by atoms with van der Waals surface area (Å²) in [5.74, 6) is -0.305. The van der Waals surface area contributed by atoms with Crippen LogP contribution < -0.4 is 10.1 Å². The van der Waals surface area contributed by atoms with Gasteiger partial charge in [-0.2, -0.15) is 0 Å². The van der Waals surface area contributed by atoms with Crippen LogP contribution in [0.3, 0.4) is 0 Å². The predicted octanol–water partition coefficient (Wildman–Crippen LogP) is 1.48. The number of rotatable bonds is 6. The molecule has 1 N–H and O–H groups in total. The molecule has 2 aromatic carbocycles. The summed E-state index contributed by atoms with van der Waals surface area (Å²) in [7, 11) is 0.406. The van der Waals surface area contributed by atoms with Gasteiger partial charge < -0.3 is 10.1 Å². The quantitative estimate of drug-likeness (QED) is 0.646. The van der Waals surface area contributed by atoms with Gasteiger partial charge in [-0.1, -0.05) is 6.07 Å². The normalized spacial score (nSPS) is 11.5. The molecule has 10 nitrogen and oxygen atoms in total. The predicted molar refractivity (Wildman–Crippen MR) is 106 cm³/mol. The molecule has 0 radical (unpaired) electrons. The number of methoxy groups -OCH3 is 1. The Labute approximate surface area is 168 Å². The maximum absolute atomic E-state index is 12.7.